The Hall–Kier alpha value is -0.120. The highest BCUT2D eigenvalue weighted by atomic mass is 32.2. The van der Waals surface area contributed by atoms with Gasteiger partial charge in [0.15, 0.2) is 4.90 Å². The van der Waals surface area contributed by atoms with Gasteiger partial charge in [-0.3, -0.25) is 0 Å². The second-order valence-corrected chi connectivity index (χ2v) is 4.29. The minimum atomic E-state index is -0.878. The van der Waals surface area contributed by atoms with Crippen LogP contribution in [-0.2, 0) is 11.2 Å². The van der Waals surface area contributed by atoms with E-state index in [1.54, 1.807) is 0 Å². The molecular weight excluding hydrogens is 176 g/mol. The number of thiol groups is 1. The number of hydrogen-bond acceptors (Lipinski definition) is 2. The molecule has 1 unspecified atom stereocenters. The van der Waals surface area contributed by atoms with Crippen LogP contribution >= 0.6 is 12.6 Å². The van der Waals surface area contributed by atoms with E-state index in [-0.39, 0.29) is 0 Å². The van der Waals surface area contributed by atoms with E-state index in [2.05, 4.69) is 12.6 Å². The Labute approximate surface area is 75.4 Å². The van der Waals surface area contributed by atoms with Crippen LogP contribution in [0.15, 0.2) is 34.1 Å². The Balaban J connectivity index is 2.93. The highest BCUT2D eigenvalue weighted by Gasteiger charge is 2.09. The maximum Gasteiger partial charge on any atom is 0.165 e. The average molecular weight is 186 g/mol. The van der Waals surface area contributed by atoms with E-state index < -0.39 is 11.2 Å². The SMILES string of the molecule is CC[S+]([O-])c1ccccc1S. The molecule has 0 saturated carbocycles. The summed E-state index contributed by atoms with van der Waals surface area (Å²) < 4.78 is 11.3. The number of benzene rings is 1. The molecule has 1 aromatic carbocycles. The van der Waals surface area contributed by atoms with Crippen LogP contribution in [0.25, 0.3) is 0 Å². The summed E-state index contributed by atoms with van der Waals surface area (Å²) in [7, 11) is 0. The molecule has 0 bridgehead atoms. The van der Waals surface area contributed by atoms with Gasteiger partial charge in [0.05, 0.1) is 4.90 Å². The molecule has 0 N–H and O–H groups in total. The normalized spacial score (nSPS) is 13.0. The van der Waals surface area contributed by atoms with Crippen LogP contribution in [0.2, 0.25) is 0 Å². The molecule has 1 aromatic rings. The van der Waals surface area contributed by atoms with Crippen LogP contribution in [0.4, 0.5) is 0 Å². The molecule has 0 radical (unpaired) electrons. The van der Waals surface area contributed by atoms with Gasteiger partial charge in [-0.05, 0) is 30.2 Å². The molecule has 0 aliphatic rings. The lowest BCUT2D eigenvalue weighted by Gasteiger charge is -2.08. The predicted molar refractivity (Wildman–Crippen MR) is 50.6 cm³/mol. The van der Waals surface area contributed by atoms with Crippen molar-refractivity contribution >= 4 is 23.8 Å². The highest BCUT2D eigenvalue weighted by Crippen LogP contribution is 2.19. The molecule has 1 rings (SSSR count). The topological polar surface area (TPSA) is 23.1 Å². The van der Waals surface area contributed by atoms with Crippen LogP contribution in [0.5, 0.6) is 0 Å². The minimum absolute atomic E-state index is 0.650. The number of hydrogen-bond donors (Lipinski definition) is 1. The minimum Gasteiger partial charge on any atom is -0.611 e. The Morgan fingerprint density at radius 3 is 2.64 bits per heavy atom. The Morgan fingerprint density at radius 1 is 1.45 bits per heavy atom. The van der Waals surface area contributed by atoms with Crippen molar-refractivity contribution in [2.24, 2.45) is 0 Å². The van der Waals surface area contributed by atoms with Crippen molar-refractivity contribution in [1.82, 2.24) is 0 Å². The first kappa shape index (κ1) is 8.97. The van der Waals surface area contributed by atoms with Crippen molar-refractivity contribution in [1.29, 1.82) is 0 Å². The zero-order chi connectivity index (χ0) is 8.27. The second-order valence-electron chi connectivity index (χ2n) is 2.10. The van der Waals surface area contributed by atoms with Crippen molar-refractivity contribution in [2.75, 3.05) is 5.75 Å². The molecule has 0 aromatic heterocycles. The molecule has 0 amide bonds. The van der Waals surface area contributed by atoms with E-state index in [0.29, 0.717) is 5.75 Å². The van der Waals surface area contributed by atoms with E-state index in [0.717, 1.165) is 9.79 Å². The molecule has 0 aliphatic carbocycles. The Morgan fingerprint density at radius 2 is 2.09 bits per heavy atom. The highest BCUT2D eigenvalue weighted by molar-refractivity contribution is 7.92. The van der Waals surface area contributed by atoms with Crippen molar-refractivity contribution in [2.45, 2.75) is 16.7 Å². The van der Waals surface area contributed by atoms with Gasteiger partial charge in [0.2, 0.25) is 0 Å². The molecule has 0 aliphatic heterocycles. The lowest BCUT2D eigenvalue weighted by atomic mass is 10.4. The quantitative estimate of drug-likeness (QED) is 0.555. The molecule has 0 fully saturated rings. The second kappa shape index (κ2) is 4.04. The predicted octanol–water partition coefficient (Wildman–Crippen LogP) is 2.10. The molecule has 11 heavy (non-hydrogen) atoms. The van der Waals surface area contributed by atoms with Gasteiger partial charge >= 0.3 is 0 Å². The summed E-state index contributed by atoms with van der Waals surface area (Å²) >= 11 is 3.32. The van der Waals surface area contributed by atoms with Gasteiger partial charge in [-0.15, -0.1) is 12.6 Å². The van der Waals surface area contributed by atoms with Gasteiger partial charge < -0.3 is 4.55 Å². The van der Waals surface area contributed by atoms with Crippen LogP contribution in [0.1, 0.15) is 6.92 Å². The fraction of sp³-hybridized carbons (Fsp3) is 0.250. The van der Waals surface area contributed by atoms with Gasteiger partial charge in [-0.25, -0.2) is 0 Å². The van der Waals surface area contributed by atoms with Gasteiger partial charge in [0.25, 0.3) is 0 Å². The first-order chi connectivity index (χ1) is 5.25. The van der Waals surface area contributed by atoms with Crippen molar-refractivity contribution in [3.8, 4) is 0 Å². The fourth-order valence-corrected chi connectivity index (χ4v) is 2.11. The smallest absolute Gasteiger partial charge is 0.165 e. The molecule has 3 heteroatoms. The zero-order valence-electron chi connectivity index (χ0n) is 6.28. The fourth-order valence-electron chi connectivity index (χ4n) is 0.805. The van der Waals surface area contributed by atoms with Gasteiger partial charge in [0, 0.05) is 0 Å². The van der Waals surface area contributed by atoms with Crippen molar-refractivity contribution in [3.05, 3.63) is 24.3 Å². The Bertz CT molecular complexity index is 237. The van der Waals surface area contributed by atoms with Crippen molar-refractivity contribution in [3.63, 3.8) is 0 Å². The van der Waals surface area contributed by atoms with E-state index >= 15 is 0 Å². The summed E-state index contributed by atoms with van der Waals surface area (Å²) in [6.07, 6.45) is 0. The summed E-state index contributed by atoms with van der Waals surface area (Å²) in [5.41, 5.74) is 0. The average Bonchev–Trinajstić information content (AvgIpc) is 2.04. The molecule has 0 saturated heterocycles. The molecule has 1 atom stereocenters. The standard InChI is InChI=1S/C8H10OS2/c1-2-11(9)8-6-4-3-5-7(8)10/h3-6,10H,2H2,1H3. The van der Waals surface area contributed by atoms with Crippen molar-refractivity contribution < 1.29 is 4.55 Å². The van der Waals surface area contributed by atoms with Crippen LogP contribution in [0.3, 0.4) is 0 Å². The summed E-state index contributed by atoms with van der Waals surface area (Å²) in [4.78, 5) is 1.64. The zero-order valence-corrected chi connectivity index (χ0v) is 7.99. The molecular formula is C8H10OS2. The summed E-state index contributed by atoms with van der Waals surface area (Å²) in [5, 5.41) is 0. The van der Waals surface area contributed by atoms with Crippen LogP contribution in [0, 0.1) is 0 Å². The van der Waals surface area contributed by atoms with E-state index in [1.165, 1.54) is 0 Å². The summed E-state index contributed by atoms with van der Waals surface area (Å²) in [6.45, 7) is 1.90. The van der Waals surface area contributed by atoms with Gasteiger partial charge in [0.1, 0.15) is 5.75 Å². The van der Waals surface area contributed by atoms with Gasteiger partial charge in [-0.1, -0.05) is 12.1 Å². The molecule has 0 heterocycles. The maximum absolute atomic E-state index is 11.3. The summed E-state index contributed by atoms with van der Waals surface area (Å²) in [6, 6.07) is 7.47. The third kappa shape index (κ3) is 2.15. The largest absolute Gasteiger partial charge is 0.611 e. The van der Waals surface area contributed by atoms with Gasteiger partial charge in [-0.2, -0.15) is 0 Å². The third-order valence-electron chi connectivity index (χ3n) is 1.37. The van der Waals surface area contributed by atoms with E-state index in [9.17, 15) is 4.55 Å². The first-order valence-corrected chi connectivity index (χ1v) is 5.18. The Kier molecular flexibility index (Phi) is 3.30. The lowest BCUT2D eigenvalue weighted by molar-refractivity contribution is 0.594. The van der Waals surface area contributed by atoms with Crippen LogP contribution < -0.4 is 0 Å². The third-order valence-corrected chi connectivity index (χ3v) is 3.28. The monoisotopic (exact) mass is 186 g/mol. The summed E-state index contributed by atoms with van der Waals surface area (Å²) in [5.74, 6) is 0.650. The molecule has 1 nitrogen and oxygen atoms in total. The van der Waals surface area contributed by atoms with Crippen LogP contribution in [-0.4, -0.2) is 10.3 Å². The molecule has 0 spiro atoms. The van der Waals surface area contributed by atoms with E-state index in [1.807, 2.05) is 31.2 Å². The number of rotatable bonds is 2. The maximum atomic E-state index is 11.3. The lowest BCUT2D eigenvalue weighted by Crippen LogP contribution is -2.04. The first-order valence-electron chi connectivity index (χ1n) is 3.42. The molecule has 60 valence electrons. The van der Waals surface area contributed by atoms with E-state index in [4.69, 9.17) is 0 Å².